The molecule has 126 valence electrons. The summed E-state index contributed by atoms with van der Waals surface area (Å²) < 4.78 is 10.2. The first kappa shape index (κ1) is 16.1. The quantitative estimate of drug-likeness (QED) is 0.674. The third-order valence-electron chi connectivity index (χ3n) is 3.90. The SMILES string of the molecule is CC1(C)Nc2ccccc2N(CCCOC(=O)c2ccco2)C1=O. The normalized spacial score (nSPS) is 15.6. The minimum atomic E-state index is -0.667. The Balaban J connectivity index is 1.62. The average molecular weight is 328 g/mol. The number of amides is 1. The van der Waals surface area contributed by atoms with Crippen molar-refractivity contribution >= 4 is 23.3 Å². The topological polar surface area (TPSA) is 71.8 Å². The summed E-state index contributed by atoms with van der Waals surface area (Å²) in [6.45, 7) is 4.41. The summed E-state index contributed by atoms with van der Waals surface area (Å²) in [4.78, 5) is 26.1. The Hall–Kier alpha value is -2.76. The highest BCUT2D eigenvalue weighted by atomic mass is 16.5. The molecule has 1 aromatic carbocycles. The van der Waals surface area contributed by atoms with Crippen LogP contribution in [0, 0.1) is 0 Å². The van der Waals surface area contributed by atoms with Crippen molar-refractivity contribution in [2.45, 2.75) is 25.8 Å². The van der Waals surface area contributed by atoms with E-state index >= 15 is 0 Å². The molecule has 3 rings (SSSR count). The highest BCUT2D eigenvalue weighted by molar-refractivity contribution is 6.07. The van der Waals surface area contributed by atoms with Crippen molar-refractivity contribution in [3.8, 4) is 0 Å². The standard InChI is InChI=1S/C18H20N2O4/c1-18(2)17(22)20(14-8-4-3-7-13(14)19-18)10-6-12-24-16(21)15-9-5-11-23-15/h3-5,7-9,11,19H,6,10,12H2,1-2H3. The molecule has 0 aliphatic carbocycles. The monoisotopic (exact) mass is 328 g/mol. The van der Waals surface area contributed by atoms with Gasteiger partial charge in [-0.05, 0) is 44.5 Å². The number of nitrogens with zero attached hydrogens (tertiary/aromatic N) is 1. The fourth-order valence-corrected chi connectivity index (χ4v) is 2.73. The van der Waals surface area contributed by atoms with E-state index in [1.54, 1.807) is 17.0 Å². The van der Waals surface area contributed by atoms with Crippen LogP contribution in [0.1, 0.15) is 30.8 Å². The van der Waals surface area contributed by atoms with Crippen molar-refractivity contribution in [3.05, 3.63) is 48.4 Å². The number of fused-ring (bicyclic) bond motifs is 1. The third-order valence-corrected chi connectivity index (χ3v) is 3.90. The lowest BCUT2D eigenvalue weighted by atomic mass is 9.98. The minimum absolute atomic E-state index is 0.00133. The molecule has 0 saturated heterocycles. The van der Waals surface area contributed by atoms with Gasteiger partial charge in [0, 0.05) is 6.54 Å². The number of rotatable bonds is 5. The Morgan fingerprint density at radius 2 is 2.04 bits per heavy atom. The molecule has 2 heterocycles. The molecule has 6 nitrogen and oxygen atoms in total. The lowest BCUT2D eigenvalue weighted by Crippen LogP contribution is -2.54. The molecule has 1 aliphatic rings. The molecule has 1 amide bonds. The highest BCUT2D eigenvalue weighted by Gasteiger charge is 2.38. The fourth-order valence-electron chi connectivity index (χ4n) is 2.73. The lowest BCUT2D eigenvalue weighted by molar-refractivity contribution is -0.122. The van der Waals surface area contributed by atoms with Crippen LogP contribution in [0.2, 0.25) is 0 Å². The number of carbonyl (C=O) groups is 2. The van der Waals surface area contributed by atoms with Crippen LogP contribution >= 0.6 is 0 Å². The highest BCUT2D eigenvalue weighted by Crippen LogP contribution is 2.34. The molecule has 0 unspecified atom stereocenters. The molecule has 0 spiro atoms. The van der Waals surface area contributed by atoms with E-state index in [0.29, 0.717) is 13.0 Å². The summed E-state index contributed by atoms with van der Waals surface area (Å²) >= 11 is 0. The predicted molar refractivity (Wildman–Crippen MR) is 90.1 cm³/mol. The van der Waals surface area contributed by atoms with E-state index in [4.69, 9.17) is 9.15 Å². The molecule has 1 N–H and O–H groups in total. The number of esters is 1. The zero-order chi connectivity index (χ0) is 17.2. The number of ether oxygens (including phenoxy) is 1. The van der Waals surface area contributed by atoms with Crippen LogP contribution in [-0.2, 0) is 9.53 Å². The van der Waals surface area contributed by atoms with Gasteiger partial charge in [-0.15, -0.1) is 0 Å². The first-order valence-electron chi connectivity index (χ1n) is 7.89. The predicted octanol–water partition coefficient (Wildman–Crippen LogP) is 3.06. The minimum Gasteiger partial charge on any atom is -0.460 e. The number of anilines is 2. The number of nitrogens with one attached hydrogen (secondary N) is 1. The molecule has 24 heavy (non-hydrogen) atoms. The fraction of sp³-hybridized carbons (Fsp3) is 0.333. The van der Waals surface area contributed by atoms with Crippen molar-refractivity contribution in [2.75, 3.05) is 23.4 Å². The number of para-hydroxylation sites is 2. The summed E-state index contributed by atoms with van der Waals surface area (Å²) in [5.74, 6) is -0.314. The number of carbonyl (C=O) groups excluding carboxylic acids is 2. The van der Waals surface area contributed by atoms with Crippen molar-refractivity contribution in [1.29, 1.82) is 0 Å². The van der Waals surface area contributed by atoms with Crippen LogP contribution in [0.4, 0.5) is 11.4 Å². The van der Waals surface area contributed by atoms with E-state index in [2.05, 4.69) is 5.32 Å². The van der Waals surface area contributed by atoms with Crippen molar-refractivity contribution < 1.29 is 18.7 Å². The Morgan fingerprint density at radius 3 is 2.79 bits per heavy atom. The van der Waals surface area contributed by atoms with Gasteiger partial charge >= 0.3 is 5.97 Å². The molecule has 0 fully saturated rings. The summed E-state index contributed by atoms with van der Waals surface area (Å²) in [6.07, 6.45) is 1.97. The van der Waals surface area contributed by atoms with E-state index in [-0.39, 0.29) is 18.3 Å². The zero-order valence-electron chi connectivity index (χ0n) is 13.7. The summed E-state index contributed by atoms with van der Waals surface area (Å²) in [7, 11) is 0. The van der Waals surface area contributed by atoms with E-state index in [1.807, 2.05) is 38.1 Å². The second kappa shape index (κ2) is 6.39. The van der Waals surface area contributed by atoms with E-state index in [1.165, 1.54) is 6.26 Å². The molecular formula is C18H20N2O4. The molecule has 2 aromatic rings. The van der Waals surface area contributed by atoms with Gasteiger partial charge in [-0.2, -0.15) is 0 Å². The summed E-state index contributed by atoms with van der Waals surface area (Å²) in [5, 5.41) is 3.25. The molecule has 1 aromatic heterocycles. The average Bonchev–Trinajstić information content (AvgIpc) is 3.08. The molecular weight excluding hydrogens is 308 g/mol. The van der Waals surface area contributed by atoms with Crippen LogP contribution in [-0.4, -0.2) is 30.6 Å². The second-order valence-corrected chi connectivity index (χ2v) is 6.19. The Bertz CT molecular complexity index is 737. The van der Waals surface area contributed by atoms with Crippen LogP contribution in [0.15, 0.2) is 47.1 Å². The van der Waals surface area contributed by atoms with E-state index < -0.39 is 11.5 Å². The van der Waals surface area contributed by atoms with Crippen molar-refractivity contribution in [3.63, 3.8) is 0 Å². The van der Waals surface area contributed by atoms with E-state index in [9.17, 15) is 9.59 Å². The van der Waals surface area contributed by atoms with Crippen molar-refractivity contribution in [2.24, 2.45) is 0 Å². The molecule has 0 bridgehead atoms. The first-order valence-corrected chi connectivity index (χ1v) is 7.89. The van der Waals surface area contributed by atoms with Crippen LogP contribution in [0.3, 0.4) is 0 Å². The maximum Gasteiger partial charge on any atom is 0.374 e. The van der Waals surface area contributed by atoms with Gasteiger partial charge in [0.25, 0.3) is 5.91 Å². The molecule has 6 heteroatoms. The Kier molecular flexibility index (Phi) is 4.29. The zero-order valence-corrected chi connectivity index (χ0v) is 13.7. The molecule has 1 aliphatic heterocycles. The number of furan rings is 1. The molecule has 0 saturated carbocycles. The first-order chi connectivity index (χ1) is 11.5. The smallest absolute Gasteiger partial charge is 0.374 e. The van der Waals surface area contributed by atoms with Gasteiger partial charge in [-0.3, -0.25) is 4.79 Å². The molecule has 0 radical (unpaired) electrons. The van der Waals surface area contributed by atoms with Gasteiger partial charge in [-0.25, -0.2) is 4.79 Å². The molecule has 0 atom stereocenters. The maximum atomic E-state index is 12.7. The summed E-state index contributed by atoms with van der Waals surface area (Å²) in [5.41, 5.74) is 1.10. The van der Waals surface area contributed by atoms with Gasteiger partial charge in [0.15, 0.2) is 0 Å². The van der Waals surface area contributed by atoms with Crippen molar-refractivity contribution in [1.82, 2.24) is 0 Å². The number of hydrogen-bond donors (Lipinski definition) is 1. The Morgan fingerprint density at radius 1 is 1.25 bits per heavy atom. The lowest BCUT2D eigenvalue weighted by Gasteiger charge is -2.39. The summed E-state index contributed by atoms with van der Waals surface area (Å²) in [6, 6.07) is 10.9. The van der Waals surface area contributed by atoms with Crippen LogP contribution < -0.4 is 10.2 Å². The number of hydrogen-bond acceptors (Lipinski definition) is 5. The van der Waals surface area contributed by atoms with Gasteiger partial charge in [0.05, 0.1) is 24.2 Å². The number of benzene rings is 1. The largest absolute Gasteiger partial charge is 0.460 e. The Labute approximate surface area is 140 Å². The van der Waals surface area contributed by atoms with Gasteiger partial charge < -0.3 is 19.4 Å². The van der Waals surface area contributed by atoms with Gasteiger partial charge in [0.1, 0.15) is 5.54 Å². The van der Waals surface area contributed by atoms with Gasteiger partial charge in [-0.1, -0.05) is 12.1 Å². The van der Waals surface area contributed by atoms with E-state index in [0.717, 1.165) is 11.4 Å². The van der Waals surface area contributed by atoms with Crippen LogP contribution in [0.25, 0.3) is 0 Å². The van der Waals surface area contributed by atoms with Gasteiger partial charge in [0.2, 0.25) is 5.76 Å². The third kappa shape index (κ3) is 3.13. The maximum absolute atomic E-state index is 12.7. The second-order valence-electron chi connectivity index (χ2n) is 6.19. The van der Waals surface area contributed by atoms with Crippen LogP contribution in [0.5, 0.6) is 0 Å².